The molecule has 140 valence electrons. The Balaban J connectivity index is 1.63. The number of hydrogen-bond donors (Lipinski definition) is 3. The van der Waals surface area contributed by atoms with Crippen LogP contribution in [0.3, 0.4) is 0 Å². The van der Waals surface area contributed by atoms with Crippen molar-refractivity contribution in [2.24, 2.45) is 5.92 Å². The first kappa shape index (κ1) is 18.2. The van der Waals surface area contributed by atoms with E-state index in [1.165, 1.54) is 28.9 Å². The summed E-state index contributed by atoms with van der Waals surface area (Å²) in [5.41, 5.74) is 0.253. The Morgan fingerprint density at radius 1 is 1.27 bits per heavy atom. The van der Waals surface area contributed by atoms with E-state index in [2.05, 4.69) is 15.7 Å². The van der Waals surface area contributed by atoms with Crippen LogP contribution in [0, 0.1) is 5.92 Å². The Morgan fingerprint density at radius 2 is 1.92 bits per heavy atom. The van der Waals surface area contributed by atoms with Crippen molar-refractivity contribution < 1.29 is 23.1 Å². The molecule has 1 aromatic heterocycles. The lowest BCUT2D eigenvalue weighted by Gasteiger charge is -2.15. The van der Waals surface area contributed by atoms with Crippen LogP contribution in [-0.2, 0) is 0 Å². The van der Waals surface area contributed by atoms with E-state index in [0.29, 0.717) is 17.4 Å². The number of urea groups is 1. The lowest BCUT2D eigenvalue weighted by Crippen LogP contribution is -2.37. The first-order valence-corrected chi connectivity index (χ1v) is 8.22. The largest absolute Gasteiger partial charge is 0.418 e. The Kier molecular flexibility index (Phi) is 4.90. The van der Waals surface area contributed by atoms with Crippen LogP contribution in [0.15, 0.2) is 36.5 Å². The van der Waals surface area contributed by atoms with E-state index in [-0.39, 0.29) is 17.6 Å². The first-order chi connectivity index (χ1) is 12.2. The molecule has 1 saturated carbocycles. The Hall–Kier alpha value is -2.55. The number of halogens is 3. The van der Waals surface area contributed by atoms with Gasteiger partial charge in [0.05, 0.1) is 5.69 Å². The molecule has 2 aromatic rings. The second-order valence-electron chi connectivity index (χ2n) is 6.41. The predicted octanol–water partition coefficient (Wildman–Crippen LogP) is 3.39. The fourth-order valence-corrected chi connectivity index (χ4v) is 2.61. The molecule has 2 atom stereocenters. The average Bonchev–Trinajstić information content (AvgIpc) is 3.34. The molecule has 3 N–H and O–H groups in total. The van der Waals surface area contributed by atoms with Crippen LogP contribution >= 0.6 is 0 Å². The van der Waals surface area contributed by atoms with E-state index in [1.807, 2.05) is 6.92 Å². The van der Waals surface area contributed by atoms with Gasteiger partial charge >= 0.3 is 12.2 Å². The maximum atomic E-state index is 12.5. The number of aliphatic hydroxyl groups excluding tert-OH is 1. The van der Waals surface area contributed by atoms with Crippen molar-refractivity contribution in [1.29, 1.82) is 0 Å². The lowest BCUT2D eigenvalue weighted by molar-refractivity contribution is -0.206. The quantitative estimate of drug-likeness (QED) is 0.757. The highest BCUT2D eigenvalue weighted by atomic mass is 19.4. The maximum Gasteiger partial charge on any atom is 0.418 e. The van der Waals surface area contributed by atoms with E-state index in [9.17, 15) is 23.1 Å². The van der Waals surface area contributed by atoms with Gasteiger partial charge in [0.15, 0.2) is 11.9 Å². The summed E-state index contributed by atoms with van der Waals surface area (Å²) in [4.78, 5) is 11.9. The zero-order valence-electron chi connectivity index (χ0n) is 14.0. The van der Waals surface area contributed by atoms with E-state index in [0.717, 1.165) is 12.8 Å². The molecule has 26 heavy (non-hydrogen) atoms. The third-order valence-electron chi connectivity index (χ3n) is 4.30. The molecular formula is C17H19F3N4O2. The molecule has 1 fully saturated rings. The molecule has 0 bridgehead atoms. The van der Waals surface area contributed by atoms with Crippen molar-refractivity contribution in [3.05, 3.63) is 42.1 Å². The number of aliphatic hydroxyl groups is 1. The molecule has 6 nitrogen and oxygen atoms in total. The molecule has 0 spiro atoms. The second-order valence-corrected chi connectivity index (χ2v) is 6.41. The van der Waals surface area contributed by atoms with Crippen molar-refractivity contribution >= 4 is 11.8 Å². The van der Waals surface area contributed by atoms with Crippen LogP contribution in [-0.4, -0.2) is 33.1 Å². The third kappa shape index (κ3) is 4.34. The van der Waals surface area contributed by atoms with Gasteiger partial charge in [-0.05, 0) is 43.4 Å². The minimum absolute atomic E-state index is 0.102. The topological polar surface area (TPSA) is 79.2 Å². The molecule has 2 amide bonds. The van der Waals surface area contributed by atoms with Gasteiger partial charge in [-0.1, -0.05) is 12.1 Å². The van der Waals surface area contributed by atoms with Crippen LogP contribution < -0.4 is 10.6 Å². The first-order valence-electron chi connectivity index (χ1n) is 8.22. The number of amides is 2. The number of anilines is 1. The van der Waals surface area contributed by atoms with Crippen molar-refractivity contribution in [3.63, 3.8) is 0 Å². The zero-order valence-corrected chi connectivity index (χ0v) is 14.0. The van der Waals surface area contributed by atoms with Gasteiger partial charge in [0.2, 0.25) is 0 Å². The summed E-state index contributed by atoms with van der Waals surface area (Å²) in [7, 11) is 0. The smallest absolute Gasteiger partial charge is 0.379 e. The van der Waals surface area contributed by atoms with E-state index in [1.54, 1.807) is 12.3 Å². The highest BCUT2D eigenvalue weighted by Gasteiger charge is 2.39. The Bertz CT molecular complexity index is 769. The van der Waals surface area contributed by atoms with Gasteiger partial charge < -0.3 is 10.4 Å². The standard InChI is InChI=1S/C17H19F3N4O2/c1-10(11-2-3-11)21-16(26)22-14-8-9-24(23-14)13-6-4-12(5-7-13)15(25)17(18,19)20/h4-11,15,25H,2-3H2,1H3,(H2,21,22,23,26)/t10-,15+/m0/s1. The monoisotopic (exact) mass is 368 g/mol. The van der Waals surface area contributed by atoms with Crippen LogP contribution in [0.2, 0.25) is 0 Å². The minimum atomic E-state index is -4.71. The molecule has 9 heteroatoms. The fraction of sp³-hybridized carbons (Fsp3) is 0.412. The van der Waals surface area contributed by atoms with E-state index in [4.69, 9.17) is 0 Å². The summed E-state index contributed by atoms with van der Waals surface area (Å²) < 4.78 is 39.0. The number of rotatable bonds is 5. The molecule has 0 saturated heterocycles. The molecule has 0 unspecified atom stereocenters. The summed E-state index contributed by atoms with van der Waals surface area (Å²) in [6.07, 6.45) is -3.42. The SMILES string of the molecule is C[C@H](NC(=O)Nc1ccn(-c2ccc([C@@H](O)C(F)(F)F)cc2)n1)C1CC1. The number of nitrogens with zero attached hydrogens (tertiary/aromatic N) is 2. The number of carbonyl (C=O) groups is 1. The van der Waals surface area contributed by atoms with Crippen molar-refractivity contribution in [1.82, 2.24) is 15.1 Å². The van der Waals surface area contributed by atoms with Gasteiger partial charge in [-0.3, -0.25) is 5.32 Å². The number of aromatic nitrogens is 2. The van der Waals surface area contributed by atoms with Gasteiger partial charge in [0, 0.05) is 18.3 Å². The van der Waals surface area contributed by atoms with Crippen LogP contribution in [0.4, 0.5) is 23.8 Å². The summed E-state index contributed by atoms with van der Waals surface area (Å²) in [5, 5.41) is 18.9. The summed E-state index contributed by atoms with van der Waals surface area (Å²) in [6.45, 7) is 1.95. The van der Waals surface area contributed by atoms with Crippen LogP contribution in [0.1, 0.15) is 31.4 Å². The Morgan fingerprint density at radius 3 is 2.50 bits per heavy atom. The van der Waals surface area contributed by atoms with Crippen molar-refractivity contribution in [2.75, 3.05) is 5.32 Å². The minimum Gasteiger partial charge on any atom is -0.379 e. The van der Waals surface area contributed by atoms with Gasteiger partial charge in [-0.15, -0.1) is 5.10 Å². The zero-order chi connectivity index (χ0) is 18.9. The van der Waals surface area contributed by atoms with Crippen LogP contribution in [0.5, 0.6) is 0 Å². The number of benzene rings is 1. The number of alkyl halides is 3. The molecule has 0 aliphatic heterocycles. The Labute approximate surface area is 148 Å². The molecule has 3 rings (SSSR count). The molecule has 1 aliphatic rings. The van der Waals surface area contributed by atoms with Gasteiger partial charge in [-0.2, -0.15) is 13.2 Å². The third-order valence-corrected chi connectivity index (χ3v) is 4.30. The number of hydrogen-bond acceptors (Lipinski definition) is 3. The maximum absolute atomic E-state index is 12.5. The average molecular weight is 368 g/mol. The molecule has 1 heterocycles. The van der Waals surface area contributed by atoms with E-state index < -0.39 is 12.3 Å². The fourth-order valence-electron chi connectivity index (χ4n) is 2.61. The van der Waals surface area contributed by atoms with E-state index >= 15 is 0 Å². The van der Waals surface area contributed by atoms with Crippen molar-refractivity contribution in [2.45, 2.75) is 38.1 Å². The highest BCUT2D eigenvalue weighted by Crippen LogP contribution is 2.33. The molecular weight excluding hydrogens is 349 g/mol. The van der Waals surface area contributed by atoms with Crippen molar-refractivity contribution in [3.8, 4) is 5.69 Å². The lowest BCUT2D eigenvalue weighted by atomic mass is 10.1. The normalized spacial score (nSPS) is 16.8. The van der Waals surface area contributed by atoms with Gasteiger partial charge in [-0.25, -0.2) is 9.48 Å². The number of nitrogens with one attached hydrogen (secondary N) is 2. The molecule has 1 aromatic carbocycles. The van der Waals surface area contributed by atoms with Gasteiger partial charge in [0.1, 0.15) is 0 Å². The highest BCUT2D eigenvalue weighted by molar-refractivity contribution is 5.88. The van der Waals surface area contributed by atoms with Crippen LogP contribution in [0.25, 0.3) is 5.69 Å². The molecule has 1 aliphatic carbocycles. The number of carbonyl (C=O) groups excluding carboxylic acids is 1. The summed E-state index contributed by atoms with van der Waals surface area (Å²) in [5.74, 6) is 0.855. The predicted molar refractivity (Wildman–Crippen MR) is 88.9 cm³/mol. The molecule has 0 radical (unpaired) electrons. The summed E-state index contributed by atoms with van der Waals surface area (Å²) in [6, 6.07) is 6.54. The second kappa shape index (κ2) is 6.99. The van der Waals surface area contributed by atoms with Gasteiger partial charge in [0.25, 0.3) is 0 Å². The summed E-state index contributed by atoms with van der Waals surface area (Å²) >= 11 is 0.